The van der Waals surface area contributed by atoms with Crippen LogP contribution in [0, 0.1) is 0 Å². The molecule has 68 valence electrons. The largest absolute Gasteiger partial charge is 0.472 e. The zero-order chi connectivity index (χ0) is 8.81. The Kier molecular flexibility index (Phi) is 4.25. The van der Waals surface area contributed by atoms with Gasteiger partial charge in [-0.05, 0) is 25.2 Å². The highest BCUT2D eigenvalue weighted by Crippen LogP contribution is 2.13. The van der Waals surface area contributed by atoms with Crippen LogP contribution in [0.1, 0.15) is 18.9 Å². The summed E-state index contributed by atoms with van der Waals surface area (Å²) in [6, 6.07) is 2.32. The fourth-order valence-electron chi connectivity index (χ4n) is 0.834. The van der Waals surface area contributed by atoms with Crippen molar-refractivity contribution in [3.05, 3.63) is 24.2 Å². The number of thioether (sulfide) groups is 1. The molecule has 0 fully saturated rings. The van der Waals surface area contributed by atoms with E-state index in [4.69, 9.17) is 10.2 Å². The molecular weight excluding hydrogens is 170 g/mol. The molecule has 3 heteroatoms. The molecule has 0 saturated heterocycles. The summed E-state index contributed by atoms with van der Waals surface area (Å²) in [6.07, 6.45) is 4.59. The van der Waals surface area contributed by atoms with Crippen LogP contribution in [0.4, 0.5) is 0 Å². The van der Waals surface area contributed by atoms with Crippen molar-refractivity contribution in [2.24, 2.45) is 5.73 Å². The smallest absolute Gasteiger partial charge is 0.0942 e. The maximum atomic E-state index is 5.62. The molecule has 0 radical (unpaired) electrons. The van der Waals surface area contributed by atoms with Crippen LogP contribution in [-0.2, 0) is 5.75 Å². The van der Waals surface area contributed by atoms with Crippen molar-refractivity contribution in [3.8, 4) is 0 Å². The lowest BCUT2D eigenvalue weighted by Gasteiger charge is -2.02. The van der Waals surface area contributed by atoms with Crippen LogP contribution in [0.5, 0.6) is 0 Å². The summed E-state index contributed by atoms with van der Waals surface area (Å²) >= 11 is 1.90. The van der Waals surface area contributed by atoms with Gasteiger partial charge >= 0.3 is 0 Å². The minimum Gasteiger partial charge on any atom is -0.472 e. The van der Waals surface area contributed by atoms with E-state index in [1.54, 1.807) is 12.5 Å². The summed E-state index contributed by atoms with van der Waals surface area (Å²) in [6.45, 7) is 2.04. The monoisotopic (exact) mass is 185 g/mol. The molecule has 1 aromatic heterocycles. The van der Waals surface area contributed by atoms with E-state index in [9.17, 15) is 0 Å². The fraction of sp³-hybridized carbons (Fsp3) is 0.556. The summed E-state index contributed by atoms with van der Waals surface area (Å²) in [4.78, 5) is 0. The molecular formula is C9H15NOS. The van der Waals surface area contributed by atoms with Crippen molar-refractivity contribution >= 4 is 11.8 Å². The number of furan rings is 1. The van der Waals surface area contributed by atoms with Gasteiger partial charge in [0.05, 0.1) is 12.5 Å². The maximum absolute atomic E-state index is 5.62. The van der Waals surface area contributed by atoms with Crippen LogP contribution >= 0.6 is 11.8 Å². The summed E-state index contributed by atoms with van der Waals surface area (Å²) in [5.74, 6) is 2.16. The van der Waals surface area contributed by atoms with Crippen molar-refractivity contribution in [2.45, 2.75) is 25.1 Å². The Hall–Kier alpha value is -0.410. The first kappa shape index (κ1) is 9.68. The molecule has 0 bridgehead atoms. The molecule has 2 N–H and O–H groups in total. The first-order chi connectivity index (χ1) is 5.79. The fourth-order valence-corrected chi connectivity index (χ4v) is 1.92. The van der Waals surface area contributed by atoms with Gasteiger partial charge in [-0.3, -0.25) is 0 Å². The summed E-state index contributed by atoms with van der Waals surface area (Å²) in [7, 11) is 0. The number of nitrogens with two attached hydrogens (primary N) is 1. The van der Waals surface area contributed by atoms with Gasteiger partial charge in [-0.25, -0.2) is 0 Å². The molecule has 0 aromatic carbocycles. The van der Waals surface area contributed by atoms with Crippen molar-refractivity contribution in [1.82, 2.24) is 0 Å². The van der Waals surface area contributed by atoms with Gasteiger partial charge in [0.1, 0.15) is 0 Å². The Morgan fingerprint density at radius 3 is 3.08 bits per heavy atom. The van der Waals surface area contributed by atoms with Gasteiger partial charge in [0.2, 0.25) is 0 Å². The van der Waals surface area contributed by atoms with E-state index in [-0.39, 0.29) is 0 Å². The van der Waals surface area contributed by atoms with Crippen molar-refractivity contribution < 1.29 is 4.42 Å². The molecule has 0 aliphatic rings. The van der Waals surface area contributed by atoms with E-state index in [0.29, 0.717) is 6.04 Å². The molecule has 12 heavy (non-hydrogen) atoms. The molecule has 1 heterocycles. The lowest BCUT2D eigenvalue weighted by atomic mass is 10.3. The lowest BCUT2D eigenvalue weighted by Crippen LogP contribution is -2.15. The van der Waals surface area contributed by atoms with Gasteiger partial charge in [-0.1, -0.05) is 0 Å². The molecule has 1 unspecified atom stereocenters. The molecule has 1 aromatic rings. The second-order valence-corrected chi connectivity index (χ2v) is 4.06. The minimum atomic E-state index is 0.321. The summed E-state index contributed by atoms with van der Waals surface area (Å²) in [5, 5.41) is 0. The van der Waals surface area contributed by atoms with E-state index in [0.717, 1.165) is 17.9 Å². The molecule has 1 rings (SSSR count). The van der Waals surface area contributed by atoms with E-state index < -0.39 is 0 Å². The molecule has 0 amide bonds. The molecule has 0 saturated carbocycles. The first-order valence-corrected chi connectivity index (χ1v) is 5.29. The molecule has 0 aliphatic heterocycles. The second kappa shape index (κ2) is 5.27. The Morgan fingerprint density at radius 1 is 1.67 bits per heavy atom. The molecule has 0 aliphatic carbocycles. The van der Waals surface area contributed by atoms with Crippen LogP contribution < -0.4 is 5.73 Å². The van der Waals surface area contributed by atoms with Gasteiger partial charge in [0.15, 0.2) is 0 Å². The van der Waals surface area contributed by atoms with Crippen LogP contribution in [0.25, 0.3) is 0 Å². The Balaban J connectivity index is 2.04. The normalized spacial score (nSPS) is 13.2. The van der Waals surface area contributed by atoms with Gasteiger partial charge in [0.25, 0.3) is 0 Å². The van der Waals surface area contributed by atoms with Crippen molar-refractivity contribution in [1.29, 1.82) is 0 Å². The predicted molar refractivity (Wildman–Crippen MR) is 53.1 cm³/mol. The highest BCUT2D eigenvalue weighted by Gasteiger charge is 1.96. The highest BCUT2D eigenvalue weighted by atomic mass is 32.2. The summed E-state index contributed by atoms with van der Waals surface area (Å²) in [5.41, 5.74) is 6.87. The Bertz CT molecular complexity index is 196. The van der Waals surface area contributed by atoms with Gasteiger partial charge in [0, 0.05) is 17.4 Å². The van der Waals surface area contributed by atoms with Crippen LogP contribution in [0.15, 0.2) is 23.0 Å². The Morgan fingerprint density at radius 2 is 2.50 bits per heavy atom. The summed E-state index contributed by atoms with van der Waals surface area (Å²) < 4.78 is 4.95. The van der Waals surface area contributed by atoms with Crippen LogP contribution in [0.2, 0.25) is 0 Å². The van der Waals surface area contributed by atoms with Crippen LogP contribution in [0.3, 0.4) is 0 Å². The molecule has 2 nitrogen and oxygen atoms in total. The lowest BCUT2D eigenvalue weighted by molar-refractivity contribution is 0.565. The zero-order valence-electron chi connectivity index (χ0n) is 7.32. The van der Waals surface area contributed by atoms with Gasteiger partial charge < -0.3 is 10.2 Å². The van der Waals surface area contributed by atoms with E-state index >= 15 is 0 Å². The quantitative estimate of drug-likeness (QED) is 0.715. The number of hydrogen-bond acceptors (Lipinski definition) is 3. The van der Waals surface area contributed by atoms with Gasteiger partial charge in [-0.2, -0.15) is 11.8 Å². The first-order valence-electron chi connectivity index (χ1n) is 4.13. The number of hydrogen-bond donors (Lipinski definition) is 1. The second-order valence-electron chi connectivity index (χ2n) is 2.95. The highest BCUT2D eigenvalue weighted by molar-refractivity contribution is 7.98. The Labute approximate surface area is 77.5 Å². The third-order valence-electron chi connectivity index (χ3n) is 1.57. The number of rotatable bonds is 5. The van der Waals surface area contributed by atoms with E-state index in [1.807, 2.05) is 24.8 Å². The standard InChI is InChI=1S/C9H15NOS/c1-8(10)3-5-12-7-9-2-4-11-6-9/h2,4,6,8H,3,5,7,10H2,1H3. The van der Waals surface area contributed by atoms with Gasteiger partial charge in [-0.15, -0.1) is 0 Å². The average molecular weight is 185 g/mol. The van der Waals surface area contributed by atoms with Crippen LogP contribution in [-0.4, -0.2) is 11.8 Å². The SMILES string of the molecule is CC(N)CCSCc1ccoc1. The van der Waals surface area contributed by atoms with E-state index in [1.165, 1.54) is 5.56 Å². The predicted octanol–water partition coefficient (Wildman–Crippen LogP) is 2.25. The third-order valence-corrected chi connectivity index (χ3v) is 2.63. The molecule has 1 atom stereocenters. The third kappa shape index (κ3) is 3.83. The minimum absolute atomic E-state index is 0.321. The van der Waals surface area contributed by atoms with Crippen molar-refractivity contribution in [2.75, 3.05) is 5.75 Å². The maximum Gasteiger partial charge on any atom is 0.0942 e. The topological polar surface area (TPSA) is 39.2 Å². The molecule has 0 spiro atoms. The average Bonchev–Trinajstić information content (AvgIpc) is 2.49. The zero-order valence-corrected chi connectivity index (χ0v) is 8.14. The van der Waals surface area contributed by atoms with E-state index in [2.05, 4.69) is 0 Å². The van der Waals surface area contributed by atoms with Crippen molar-refractivity contribution in [3.63, 3.8) is 0 Å².